The number of halogens is 1. The number of hydrogen-bond acceptors (Lipinski definition) is 5. The van der Waals surface area contributed by atoms with Gasteiger partial charge in [0, 0.05) is 37.9 Å². The van der Waals surface area contributed by atoms with Crippen LogP contribution < -0.4 is 9.80 Å². The van der Waals surface area contributed by atoms with E-state index in [-0.39, 0.29) is 5.41 Å². The molecule has 2 aromatic rings. The average molecular weight is 332 g/mol. The first-order valence-electron chi connectivity index (χ1n) is 7.78. The molecule has 5 nitrogen and oxygen atoms in total. The van der Waals surface area contributed by atoms with Crippen LogP contribution in [0.15, 0.2) is 30.6 Å². The molecule has 2 aromatic heterocycles. The zero-order valence-electron chi connectivity index (χ0n) is 14.0. The van der Waals surface area contributed by atoms with Gasteiger partial charge in [-0.15, -0.1) is 5.10 Å². The Labute approximate surface area is 142 Å². The molecule has 1 aliphatic heterocycles. The zero-order chi connectivity index (χ0) is 16.6. The van der Waals surface area contributed by atoms with Gasteiger partial charge in [-0.1, -0.05) is 32.4 Å². The summed E-state index contributed by atoms with van der Waals surface area (Å²) in [6.45, 7) is 8.26. The molecule has 0 amide bonds. The maximum atomic E-state index is 6.22. The van der Waals surface area contributed by atoms with Gasteiger partial charge in [0.2, 0.25) is 0 Å². The summed E-state index contributed by atoms with van der Waals surface area (Å²) in [6, 6.07) is 6.49. The summed E-state index contributed by atoms with van der Waals surface area (Å²) in [5.74, 6) is 0.934. The van der Waals surface area contributed by atoms with E-state index in [1.165, 1.54) is 0 Å². The molecule has 1 fully saturated rings. The van der Waals surface area contributed by atoms with E-state index in [4.69, 9.17) is 11.6 Å². The Hall–Kier alpha value is -1.88. The summed E-state index contributed by atoms with van der Waals surface area (Å²) in [6.07, 6.45) is 3.45. The Morgan fingerprint density at radius 1 is 1.17 bits per heavy atom. The molecule has 0 saturated carbocycles. The zero-order valence-corrected chi connectivity index (χ0v) is 14.7. The van der Waals surface area contributed by atoms with Crippen LogP contribution in [0.5, 0.6) is 0 Å². The van der Waals surface area contributed by atoms with Crippen LogP contribution in [0, 0.1) is 0 Å². The number of hydrogen-bond donors (Lipinski definition) is 0. The first-order valence-corrected chi connectivity index (χ1v) is 8.15. The van der Waals surface area contributed by atoms with Crippen LogP contribution >= 0.6 is 11.6 Å². The fraction of sp³-hybridized carbons (Fsp3) is 0.471. The van der Waals surface area contributed by atoms with E-state index in [9.17, 15) is 0 Å². The van der Waals surface area contributed by atoms with Crippen LogP contribution in [0.25, 0.3) is 0 Å². The number of nitrogens with zero attached hydrogens (tertiary/aromatic N) is 5. The predicted molar refractivity (Wildman–Crippen MR) is 94.4 cm³/mol. The van der Waals surface area contributed by atoms with Crippen molar-refractivity contribution in [2.45, 2.75) is 32.2 Å². The molecule has 0 atom stereocenters. The van der Waals surface area contributed by atoms with E-state index in [0.29, 0.717) is 11.1 Å². The van der Waals surface area contributed by atoms with Crippen molar-refractivity contribution in [2.75, 3.05) is 29.9 Å². The van der Waals surface area contributed by atoms with E-state index < -0.39 is 0 Å². The van der Waals surface area contributed by atoms with E-state index >= 15 is 0 Å². The normalized spacial score (nSPS) is 15.4. The standard InChI is InChI=1S/C17H22ClN5/c1-17(2,3)15-5-6-16(21-20-15)23-10-12(11-23)22(4)14-7-8-19-9-13(14)18/h5-9,12H,10-11H2,1-4H3. The summed E-state index contributed by atoms with van der Waals surface area (Å²) in [5, 5.41) is 9.42. The summed E-state index contributed by atoms with van der Waals surface area (Å²) >= 11 is 6.22. The van der Waals surface area contributed by atoms with Crippen molar-refractivity contribution in [3.05, 3.63) is 41.3 Å². The van der Waals surface area contributed by atoms with E-state index in [1.54, 1.807) is 12.4 Å². The summed E-state index contributed by atoms with van der Waals surface area (Å²) in [7, 11) is 2.07. The lowest BCUT2D eigenvalue weighted by molar-refractivity contribution is 0.487. The van der Waals surface area contributed by atoms with Crippen LogP contribution in [0.2, 0.25) is 5.02 Å². The highest BCUT2D eigenvalue weighted by molar-refractivity contribution is 6.33. The van der Waals surface area contributed by atoms with Crippen molar-refractivity contribution in [1.29, 1.82) is 0 Å². The molecule has 3 rings (SSSR count). The highest BCUT2D eigenvalue weighted by Crippen LogP contribution is 2.29. The fourth-order valence-electron chi connectivity index (χ4n) is 2.63. The second-order valence-corrected chi connectivity index (χ2v) is 7.43. The number of aromatic nitrogens is 3. The van der Waals surface area contributed by atoms with Gasteiger partial charge in [0.1, 0.15) is 0 Å². The molecule has 3 heterocycles. The number of likely N-dealkylation sites (N-methyl/N-ethyl adjacent to an activating group) is 1. The Bertz CT molecular complexity index is 674. The van der Waals surface area contributed by atoms with Crippen molar-refractivity contribution in [2.24, 2.45) is 0 Å². The van der Waals surface area contributed by atoms with Crippen molar-refractivity contribution >= 4 is 23.1 Å². The molecule has 0 unspecified atom stereocenters. The van der Waals surface area contributed by atoms with Gasteiger partial charge in [0.25, 0.3) is 0 Å². The summed E-state index contributed by atoms with van der Waals surface area (Å²) < 4.78 is 0. The third kappa shape index (κ3) is 3.24. The second-order valence-electron chi connectivity index (χ2n) is 7.02. The minimum Gasteiger partial charge on any atom is -0.367 e. The van der Waals surface area contributed by atoms with E-state index in [0.717, 1.165) is 30.3 Å². The Morgan fingerprint density at radius 2 is 1.91 bits per heavy atom. The fourth-order valence-corrected chi connectivity index (χ4v) is 2.88. The average Bonchev–Trinajstić information content (AvgIpc) is 2.45. The van der Waals surface area contributed by atoms with Crippen LogP contribution in [0.3, 0.4) is 0 Å². The molecule has 0 spiro atoms. The summed E-state index contributed by atoms with van der Waals surface area (Å²) in [5.41, 5.74) is 2.06. The van der Waals surface area contributed by atoms with Crippen LogP contribution in [-0.4, -0.2) is 41.4 Å². The number of rotatable bonds is 3. The molecule has 1 aliphatic rings. The van der Waals surface area contributed by atoms with Gasteiger partial charge in [-0.25, -0.2) is 0 Å². The molecule has 0 aromatic carbocycles. The van der Waals surface area contributed by atoms with Gasteiger partial charge in [0.15, 0.2) is 5.82 Å². The van der Waals surface area contributed by atoms with Crippen molar-refractivity contribution in [3.8, 4) is 0 Å². The molecule has 0 radical (unpaired) electrons. The quantitative estimate of drug-likeness (QED) is 0.864. The monoisotopic (exact) mass is 331 g/mol. The molecule has 1 saturated heterocycles. The smallest absolute Gasteiger partial charge is 0.151 e. The third-order valence-electron chi connectivity index (χ3n) is 4.28. The van der Waals surface area contributed by atoms with Crippen LogP contribution in [0.1, 0.15) is 26.5 Å². The Balaban J connectivity index is 1.64. The maximum absolute atomic E-state index is 6.22. The van der Waals surface area contributed by atoms with E-state index in [2.05, 4.69) is 64.9 Å². The first-order chi connectivity index (χ1) is 10.9. The highest BCUT2D eigenvalue weighted by Gasteiger charge is 2.32. The predicted octanol–water partition coefficient (Wildman–Crippen LogP) is 3.15. The van der Waals surface area contributed by atoms with Crippen LogP contribution in [-0.2, 0) is 5.41 Å². The molecule has 6 heteroatoms. The first kappa shape index (κ1) is 16.0. The van der Waals surface area contributed by atoms with Gasteiger partial charge >= 0.3 is 0 Å². The lowest BCUT2D eigenvalue weighted by atomic mass is 9.92. The van der Waals surface area contributed by atoms with Crippen LogP contribution in [0.4, 0.5) is 11.5 Å². The van der Waals surface area contributed by atoms with Crippen molar-refractivity contribution < 1.29 is 0 Å². The Morgan fingerprint density at radius 3 is 2.48 bits per heavy atom. The van der Waals surface area contributed by atoms with Gasteiger partial charge in [-0.05, 0) is 18.2 Å². The summed E-state index contributed by atoms with van der Waals surface area (Å²) in [4.78, 5) is 8.47. The van der Waals surface area contributed by atoms with Gasteiger partial charge < -0.3 is 9.80 Å². The van der Waals surface area contributed by atoms with Crippen molar-refractivity contribution in [3.63, 3.8) is 0 Å². The maximum Gasteiger partial charge on any atom is 0.151 e. The Kier molecular flexibility index (Phi) is 4.15. The number of anilines is 2. The minimum absolute atomic E-state index is 0.0291. The molecule has 0 N–H and O–H groups in total. The molecule has 122 valence electrons. The SMILES string of the molecule is CN(c1ccncc1Cl)C1CN(c2ccc(C(C)(C)C)nn2)C1. The van der Waals surface area contributed by atoms with Gasteiger partial charge in [0.05, 0.1) is 22.4 Å². The van der Waals surface area contributed by atoms with E-state index in [1.807, 2.05) is 6.07 Å². The topological polar surface area (TPSA) is 45.2 Å². The number of pyridine rings is 1. The molecule has 0 bridgehead atoms. The van der Waals surface area contributed by atoms with Gasteiger partial charge in [-0.3, -0.25) is 4.98 Å². The molecule has 23 heavy (non-hydrogen) atoms. The second kappa shape index (κ2) is 5.96. The lowest BCUT2D eigenvalue weighted by Gasteiger charge is -2.45. The lowest BCUT2D eigenvalue weighted by Crippen LogP contribution is -2.59. The molecule has 0 aliphatic carbocycles. The molecular weight excluding hydrogens is 310 g/mol. The largest absolute Gasteiger partial charge is 0.367 e. The molecular formula is C17H22ClN5. The highest BCUT2D eigenvalue weighted by atomic mass is 35.5. The van der Waals surface area contributed by atoms with Crippen molar-refractivity contribution in [1.82, 2.24) is 15.2 Å². The third-order valence-corrected chi connectivity index (χ3v) is 4.58. The van der Waals surface area contributed by atoms with Gasteiger partial charge in [-0.2, -0.15) is 5.10 Å². The minimum atomic E-state index is 0.0291.